The van der Waals surface area contributed by atoms with Crippen LogP contribution in [-0.4, -0.2) is 12.5 Å². The molecule has 0 heterocycles. The second-order valence-electron chi connectivity index (χ2n) is 2.72. The van der Waals surface area contributed by atoms with Gasteiger partial charge in [0.15, 0.2) is 0 Å². The Kier molecular flexibility index (Phi) is 1.55. The largest absolute Gasteiger partial charge is 0.450 e. The first-order valence-corrected chi connectivity index (χ1v) is 3.66. The molecule has 2 heteroatoms. The molecule has 0 spiro atoms. The van der Waals surface area contributed by atoms with E-state index in [-0.39, 0.29) is 0 Å². The second-order valence-corrected chi connectivity index (χ2v) is 2.72. The van der Waals surface area contributed by atoms with E-state index in [1.54, 1.807) is 0 Å². The van der Waals surface area contributed by atoms with Crippen LogP contribution in [-0.2, 0) is 6.42 Å². The molecule has 1 aliphatic rings. The molecule has 0 aromatic heterocycles. The van der Waals surface area contributed by atoms with Crippen LogP contribution in [0, 0.1) is 0 Å². The Morgan fingerprint density at radius 1 is 1.27 bits per heavy atom. The zero-order valence-corrected chi connectivity index (χ0v) is 6.12. The van der Waals surface area contributed by atoms with Gasteiger partial charge in [-0.3, -0.25) is 0 Å². The molecule has 0 saturated carbocycles. The highest BCUT2D eigenvalue weighted by Crippen LogP contribution is 2.22. The summed E-state index contributed by atoms with van der Waals surface area (Å²) in [6.07, 6.45) is 2.88. The van der Waals surface area contributed by atoms with Gasteiger partial charge < -0.3 is 5.02 Å². The van der Waals surface area contributed by atoms with Crippen LogP contribution in [0.15, 0.2) is 29.7 Å². The van der Waals surface area contributed by atoms with E-state index in [0.717, 1.165) is 11.9 Å². The first-order chi connectivity index (χ1) is 5.40. The molecule has 1 aliphatic carbocycles. The first kappa shape index (κ1) is 6.68. The fraction of sp³-hybridized carbons (Fsp3) is 0.111. The van der Waals surface area contributed by atoms with Crippen LogP contribution in [0.5, 0.6) is 0 Å². The van der Waals surface area contributed by atoms with Crippen molar-refractivity contribution in [2.24, 2.45) is 0 Å². The fourth-order valence-electron chi connectivity index (χ4n) is 1.39. The van der Waals surface area contributed by atoms with Crippen molar-refractivity contribution >= 4 is 13.6 Å². The summed E-state index contributed by atoms with van der Waals surface area (Å²) in [5.41, 5.74) is 3.52. The van der Waals surface area contributed by atoms with Crippen molar-refractivity contribution in [3.63, 3.8) is 0 Å². The normalized spacial score (nSPS) is 14.1. The summed E-state index contributed by atoms with van der Waals surface area (Å²) < 4.78 is 0. The number of fused-ring (bicyclic) bond motifs is 1. The quantitative estimate of drug-likeness (QED) is 0.585. The van der Waals surface area contributed by atoms with Gasteiger partial charge in [-0.05, 0) is 17.5 Å². The van der Waals surface area contributed by atoms with E-state index in [2.05, 4.69) is 12.1 Å². The highest BCUT2D eigenvalue weighted by molar-refractivity contribution is 6.38. The predicted molar refractivity (Wildman–Crippen MR) is 46.1 cm³/mol. The maximum atomic E-state index is 8.74. The number of allylic oxidation sites excluding steroid dienone is 1. The topological polar surface area (TPSA) is 20.2 Å². The Labute approximate surface area is 66.6 Å². The fourth-order valence-corrected chi connectivity index (χ4v) is 1.39. The number of benzene rings is 1. The van der Waals surface area contributed by atoms with Crippen molar-refractivity contribution in [3.8, 4) is 0 Å². The summed E-state index contributed by atoms with van der Waals surface area (Å²) in [5, 5.41) is 8.74. The van der Waals surface area contributed by atoms with Crippen LogP contribution in [0.1, 0.15) is 11.1 Å². The zero-order valence-electron chi connectivity index (χ0n) is 6.12. The molecule has 1 aromatic rings. The van der Waals surface area contributed by atoms with Gasteiger partial charge in [0.25, 0.3) is 0 Å². The van der Waals surface area contributed by atoms with E-state index in [1.807, 2.05) is 18.2 Å². The van der Waals surface area contributed by atoms with Crippen LogP contribution in [0.3, 0.4) is 0 Å². The van der Waals surface area contributed by atoms with Crippen molar-refractivity contribution < 1.29 is 5.02 Å². The Morgan fingerprint density at radius 3 is 2.82 bits per heavy atom. The zero-order chi connectivity index (χ0) is 7.68. The minimum Gasteiger partial charge on any atom is -0.450 e. The lowest BCUT2D eigenvalue weighted by molar-refractivity contribution is 0.610. The van der Waals surface area contributed by atoms with E-state index >= 15 is 0 Å². The lowest BCUT2D eigenvalue weighted by Crippen LogP contribution is -1.93. The molecule has 0 bridgehead atoms. The monoisotopic (exact) mass is 143 g/mol. The number of hydrogen-bond acceptors (Lipinski definition) is 1. The molecule has 0 unspecified atom stereocenters. The third kappa shape index (κ3) is 1.10. The molecule has 1 N–H and O–H groups in total. The first-order valence-electron chi connectivity index (χ1n) is 3.66. The maximum Gasteiger partial charge on any atom is 0.322 e. The molecule has 53 valence electrons. The molecular formula is C9H8BO. The van der Waals surface area contributed by atoms with Gasteiger partial charge in [0.2, 0.25) is 0 Å². The van der Waals surface area contributed by atoms with Gasteiger partial charge >= 0.3 is 7.48 Å². The molecule has 0 aliphatic heterocycles. The van der Waals surface area contributed by atoms with Gasteiger partial charge in [0.1, 0.15) is 0 Å². The third-order valence-corrected chi connectivity index (χ3v) is 1.96. The van der Waals surface area contributed by atoms with E-state index in [1.165, 1.54) is 18.6 Å². The average molecular weight is 143 g/mol. The van der Waals surface area contributed by atoms with Gasteiger partial charge in [-0.15, -0.1) is 0 Å². The lowest BCUT2D eigenvalue weighted by Gasteiger charge is -1.94. The number of hydrogen-bond donors (Lipinski definition) is 1. The Balaban J connectivity index is 2.39. The van der Waals surface area contributed by atoms with Crippen molar-refractivity contribution in [2.45, 2.75) is 6.42 Å². The lowest BCUT2D eigenvalue weighted by atomic mass is 9.87. The summed E-state index contributed by atoms with van der Waals surface area (Å²) in [7, 11) is 1.18. The molecule has 0 saturated heterocycles. The van der Waals surface area contributed by atoms with Crippen LogP contribution in [0.25, 0.3) is 6.08 Å². The molecular weight excluding hydrogens is 135 g/mol. The van der Waals surface area contributed by atoms with Crippen molar-refractivity contribution in [1.82, 2.24) is 0 Å². The van der Waals surface area contributed by atoms with Gasteiger partial charge in [-0.2, -0.15) is 0 Å². The summed E-state index contributed by atoms with van der Waals surface area (Å²) >= 11 is 0. The van der Waals surface area contributed by atoms with E-state index < -0.39 is 0 Å². The van der Waals surface area contributed by atoms with Gasteiger partial charge in [-0.25, -0.2) is 0 Å². The SMILES string of the molecule is O[B]C1=Cc2ccccc2C1. The summed E-state index contributed by atoms with van der Waals surface area (Å²) in [6.45, 7) is 0. The Bertz CT molecular complexity index is 304. The maximum absolute atomic E-state index is 8.74. The minimum atomic E-state index is 0.868. The molecule has 1 radical (unpaired) electrons. The summed E-state index contributed by atoms with van der Waals surface area (Å²) in [5.74, 6) is 0. The predicted octanol–water partition coefficient (Wildman–Crippen LogP) is 1.20. The van der Waals surface area contributed by atoms with E-state index in [9.17, 15) is 0 Å². The molecule has 1 aromatic carbocycles. The molecule has 11 heavy (non-hydrogen) atoms. The molecule has 0 amide bonds. The Hall–Kier alpha value is -1.02. The van der Waals surface area contributed by atoms with Crippen LogP contribution >= 0.6 is 0 Å². The van der Waals surface area contributed by atoms with Gasteiger partial charge in [0.05, 0.1) is 0 Å². The van der Waals surface area contributed by atoms with E-state index in [4.69, 9.17) is 5.02 Å². The third-order valence-electron chi connectivity index (χ3n) is 1.96. The highest BCUT2D eigenvalue weighted by Gasteiger charge is 2.10. The van der Waals surface area contributed by atoms with Crippen LogP contribution in [0.2, 0.25) is 0 Å². The number of rotatable bonds is 1. The van der Waals surface area contributed by atoms with Crippen molar-refractivity contribution in [1.29, 1.82) is 0 Å². The minimum absolute atomic E-state index is 0.868. The summed E-state index contributed by atoms with van der Waals surface area (Å²) in [4.78, 5) is 0. The van der Waals surface area contributed by atoms with Crippen molar-refractivity contribution in [3.05, 3.63) is 40.9 Å². The van der Waals surface area contributed by atoms with E-state index in [0.29, 0.717) is 0 Å². The van der Waals surface area contributed by atoms with Crippen LogP contribution in [0.4, 0.5) is 0 Å². The van der Waals surface area contributed by atoms with Gasteiger partial charge in [-0.1, -0.05) is 35.8 Å². The molecule has 0 atom stereocenters. The Morgan fingerprint density at radius 2 is 2.09 bits per heavy atom. The molecule has 1 nitrogen and oxygen atoms in total. The standard InChI is InChI=1S/C9H8BO/c11-10-9-5-7-3-1-2-4-8(7)6-9/h1-5,11H,6H2. The second kappa shape index (κ2) is 2.55. The average Bonchev–Trinajstić information content (AvgIpc) is 2.46. The molecule has 2 rings (SSSR count). The smallest absolute Gasteiger partial charge is 0.322 e. The summed E-state index contributed by atoms with van der Waals surface area (Å²) in [6, 6.07) is 8.18. The van der Waals surface area contributed by atoms with Crippen molar-refractivity contribution in [2.75, 3.05) is 0 Å². The van der Waals surface area contributed by atoms with Crippen LogP contribution < -0.4 is 0 Å². The molecule has 0 fully saturated rings. The highest BCUT2D eigenvalue weighted by atomic mass is 16.2. The van der Waals surface area contributed by atoms with Gasteiger partial charge in [0, 0.05) is 0 Å².